The number of aryl methyl sites for hydroxylation is 1. The number of aromatic amines is 2. The first kappa shape index (κ1) is 24.1. The van der Waals surface area contributed by atoms with Gasteiger partial charge in [0.15, 0.2) is 5.82 Å². The fourth-order valence-corrected chi connectivity index (χ4v) is 4.92. The number of benzene rings is 3. The number of nitrogens with zero attached hydrogens (tertiary/aromatic N) is 3. The van der Waals surface area contributed by atoms with Gasteiger partial charge in [-0.15, -0.1) is 0 Å². The van der Waals surface area contributed by atoms with Crippen LogP contribution in [0.4, 0.5) is 0 Å². The number of imidazole rings is 1. The van der Waals surface area contributed by atoms with Gasteiger partial charge in [0.2, 0.25) is 0 Å². The number of amides is 1. The maximum atomic E-state index is 12.7. The Labute approximate surface area is 220 Å². The van der Waals surface area contributed by atoms with Gasteiger partial charge in [0.1, 0.15) is 11.4 Å². The van der Waals surface area contributed by atoms with Crippen molar-refractivity contribution in [3.8, 4) is 28.4 Å². The first-order valence-electron chi connectivity index (χ1n) is 12.8. The van der Waals surface area contributed by atoms with Gasteiger partial charge in [-0.3, -0.25) is 14.8 Å². The Balaban J connectivity index is 1.22. The molecule has 0 saturated carbocycles. The van der Waals surface area contributed by atoms with Crippen molar-refractivity contribution in [1.29, 1.82) is 0 Å². The van der Waals surface area contributed by atoms with Crippen molar-refractivity contribution in [3.05, 3.63) is 65.7 Å². The summed E-state index contributed by atoms with van der Waals surface area (Å²) in [5.41, 5.74) is 7.01. The van der Waals surface area contributed by atoms with E-state index in [-0.39, 0.29) is 5.91 Å². The van der Waals surface area contributed by atoms with Crippen LogP contribution in [0.15, 0.2) is 54.6 Å². The fraction of sp³-hybridized carbons (Fsp3) is 0.276. The monoisotopic (exact) mass is 510 g/mol. The third-order valence-electron chi connectivity index (χ3n) is 7.02. The Morgan fingerprint density at radius 2 is 1.95 bits per heavy atom. The maximum Gasteiger partial charge on any atom is 0.251 e. The second-order valence-corrected chi connectivity index (χ2v) is 9.56. The first-order valence-corrected chi connectivity index (χ1v) is 12.8. The summed E-state index contributed by atoms with van der Waals surface area (Å²) in [7, 11) is 1.69. The number of aromatic nitrogens is 4. The smallest absolute Gasteiger partial charge is 0.251 e. The molecule has 0 unspecified atom stereocenters. The first-order chi connectivity index (χ1) is 18.6. The molecular weight excluding hydrogens is 480 g/mol. The van der Waals surface area contributed by atoms with E-state index in [2.05, 4.69) is 49.7 Å². The number of ether oxygens (including phenoxy) is 2. The van der Waals surface area contributed by atoms with Crippen LogP contribution in [0.3, 0.4) is 0 Å². The number of H-pyrrole nitrogens is 2. The Morgan fingerprint density at radius 1 is 1.08 bits per heavy atom. The van der Waals surface area contributed by atoms with E-state index in [0.717, 1.165) is 82.9 Å². The van der Waals surface area contributed by atoms with Crippen LogP contribution in [0.5, 0.6) is 5.75 Å². The fourth-order valence-electron chi connectivity index (χ4n) is 4.92. The molecule has 194 valence electrons. The van der Waals surface area contributed by atoms with Crippen LogP contribution < -0.4 is 10.1 Å². The van der Waals surface area contributed by atoms with E-state index in [1.165, 1.54) is 0 Å². The van der Waals surface area contributed by atoms with Crippen LogP contribution in [0.1, 0.15) is 15.9 Å². The molecule has 1 saturated heterocycles. The zero-order chi connectivity index (χ0) is 26.1. The minimum Gasteiger partial charge on any atom is -0.496 e. The molecule has 0 spiro atoms. The van der Waals surface area contributed by atoms with Crippen molar-refractivity contribution in [2.45, 2.75) is 6.92 Å². The highest BCUT2D eigenvalue weighted by molar-refractivity contribution is 5.99. The van der Waals surface area contributed by atoms with Crippen molar-refractivity contribution in [1.82, 2.24) is 30.4 Å². The molecule has 0 atom stereocenters. The molecule has 3 N–H and O–H groups in total. The van der Waals surface area contributed by atoms with E-state index in [4.69, 9.17) is 14.5 Å². The van der Waals surface area contributed by atoms with Gasteiger partial charge in [-0.2, -0.15) is 5.10 Å². The lowest BCUT2D eigenvalue weighted by atomic mass is 10.0. The molecule has 0 bridgehead atoms. The van der Waals surface area contributed by atoms with Crippen molar-refractivity contribution < 1.29 is 14.3 Å². The molecule has 1 aliphatic rings. The van der Waals surface area contributed by atoms with Crippen LogP contribution in [0.2, 0.25) is 0 Å². The third-order valence-corrected chi connectivity index (χ3v) is 7.02. The highest BCUT2D eigenvalue weighted by atomic mass is 16.5. The molecule has 9 heteroatoms. The number of morpholine rings is 1. The molecule has 5 aromatic rings. The Morgan fingerprint density at radius 3 is 2.79 bits per heavy atom. The second kappa shape index (κ2) is 10.3. The Hall–Kier alpha value is -4.21. The number of methoxy groups -OCH3 is 1. The van der Waals surface area contributed by atoms with E-state index in [1.54, 1.807) is 13.2 Å². The highest BCUT2D eigenvalue weighted by Crippen LogP contribution is 2.34. The average molecular weight is 511 g/mol. The molecule has 9 nitrogen and oxygen atoms in total. The zero-order valence-corrected chi connectivity index (χ0v) is 21.5. The lowest BCUT2D eigenvalue weighted by Gasteiger charge is -2.26. The quantitative estimate of drug-likeness (QED) is 0.304. The van der Waals surface area contributed by atoms with Crippen LogP contribution in [-0.4, -0.2) is 77.5 Å². The summed E-state index contributed by atoms with van der Waals surface area (Å²) in [6.45, 7) is 6.77. The van der Waals surface area contributed by atoms with Crippen LogP contribution >= 0.6 is 0 Å². The minimum atomic E-state index is -0.0967. The number of carbonyl (C=O) groups excluding carboxylic acids is 1. The van der Waals surface area contributed by atoms with Gasteiger partial charge in [-0.25, -0.2) is 4.98 Å². The van der Waals surface area contributed by atoms with Gasteiger partial charge in [0.25, 0.3) is 5.91 Å². The van der Waals surface area contributed by atoms with E-state index < -0.39 is 0 Å². The lowest BCUT2D eigenvalue weighted by Crippen LogP contribution is -2.41. The van der Waals surface area contributed by atoms with Crippen molar-refractivity contribution in [2.24, 2.45) is 0 Å². The minimum absolute atomic E-state index is 0.0967. The molecule has 1 fully saturated rings. The van der Waals surface area contributed by atoms with E-state index in [9.17, 15) is 4.79 Å². The number of carbonyl (C=O) groups is 1. The van der Waals surface area contributed by atoms with Crippen LogP contribution in [0.25, 0.3) is 44.6 Å². The summed E-state index contributed by atoms with van der Waals surface area (Å²) in [6.07, 6.45) is 0. The van der Waals surface area contributed by atoms with Crippen molar-refractivity contribution in [3.63, 3.8) is 0 Å². The van der Waals surface area contributed by atoms with Crippen LogP contribution in [-0.2, 0) is 4.74 Å². The summed E-state index contributed by atoms with van der Waals surface area (Å²) < 4.78 is 11.0. The third kappa shape index (κ3) is 4.73. The van der Waals surface area contributed by atoms with E-state index in [0.29, 0.717) is 17.9 Å². The normalized spacial score (nSPS) is 14.3. The van der Waals surface area contributed by atoms with Gasteiger partial charge >= 0.3 is 0 Å². The molecule has 38 heavy (non-hydrogen) atoms. The van der Waals surface area contributed by atoms with Crippen LogP contribution in [0, 0.1) is 6.92 Å². The van der Waals surface area contributed by atoms with Gasteiger partial charge in [0, 0.05) is 42.7 Å². The second-order valence-electron chi connectivity index (χ2n) is 9.56. The Kier molecular flexibility index (Phi) is 6.53. The van der Waals surface area contributed by atoms with E-state index in [1.807, 2.05) is 31.2 Å². The maximum absolute atomic E-state index is 12.7. The standard InChI is InChI=1S/C29H30N6O3/c1-18-3-6-21(26(15-18)37-2)19-4-7-22-24(16-19)33-34-27(22)28-31-23-8-5-20(17-25(23)32-28)29(36)30-9-10-35-11-13-38-14-12-35/h3-8,15-17H,9-14H2,1-2H3,(H,30,36)(H,31,32)(H,33,34). The zero-order valence-electron chi connectivity index (χ0n) is 21.5. The predicted octanol–water partition coefficient (Wildman–Crippen LogP) is 4.15. The lowest BCUT2D eigenvalue weighted by molar-refractivity contribution is 0.0383. The SMILES string of the molecule is COc1cc(C)ccc1-c1ccc2c(-c3nc4ccc(C(=O)NCCN5CCOCC5)cc4[nH]3)n[nH]c2c1. The topological polar surface area (TPSA) is 108 Å². The summed E-state index contributed by atoms with van der Waals surface area (Å²) in [5.74, 6) is 1.39. The molecule has 2 aromatic heterocycles. The molecule has 0 aliphatic carbocycles. The molecule has 3 heterocycles. The number of fused-ring (bicyclic) bond motifs is 2. The highest BCUT2D eigenvalue weighted by Gasteiger charge is 2.16. The number of nitrogens with one attached hydrogen (secondary N) is 3. The summed E-state index contributed by atoms with van der Waals surface area (Å²) in [5, 5.41) is 11.7. The van der Waals surface area contributed by atoms with Gasteiger partial charge in [0.05, 0.1) is 36.9 Å². The molecular formula is C29H30N6O3. The Bertz CT molecular complexity index is 1620. The molecule has 6 rings (SSSR count). The summed E-state index contributed by atoms with van der Waals surface area (Å²) in [4.78, 5) is 23.1. The van der Waals surface area contributed by atoms with Gasteiger partial charge in [-0.05, 0) is 54.4 Å². The molecule has 0 radical (unpaired) electrons. The molecule has 1 amide bonds. The number of rotatable bonds is 7. The average Bonchev–Trinajstić information content (AvgIpc) is 3.56. The van der Waals surface area contributed by atoms with Gasteiger partial charge in [-0.1, -0.05) is 18.2 Å². The number of hydrogen-bond acceptors (Lipinski definition) is 6. The summed E-state index contributed by atoms with van der Waals surface area (Å²) in [6, 6.07) is 17.9. The van der Waals surface area contributed by atoms with Crippen molar-refractivity contribution >= 4 is 27.8 Å². The van der Waals surface area contributed by atoms with Gasteiger partial charge < -0.3 is 19.8 Å². The number of hydrogen-bond donors (Lipinski definition) is 3. The molecule has 3 aromatic carbocycles. The summed E-state index contributed by atoms with van der Waals surface area (Å²) >= 11 is 0. The predicted molar refractivity (Wildman–Crippen MR) is 147 cm³/mol. The molecule has 1 aliphatic heterocycles. The van der Waals surface area contributed by atoms with Crippen molar-refractivity contribution in [2.75, 3.05) is 46.5 Å². The largest absolute Gasteiger partial charge is 0.496 e. The van der Waals surface area contributed by atoms with E-state index >= 15 is 0 Å².